The lowest BCUT2D eigenvalue weighted by Gasteiger charge is -2.19. The predicted octanol–water partition coefficient (Wildman–Crippen LogP) is 11.5. The van der Waals surface area contributed by atoms with Crippen LogP contribution in [0.3, 0.4) is 0 Å². The van der Waals surface area contributed by atoms with E-state index in [2.05, 4.69) is 80.7 Å². The molecule has 0 aliphatic carbocycles. The summed E-state index contributed by atoms with van der Waals surface area (Å²) >= 11 is 0. The van der Waals surface area contributed by atoms with Crippen LogP contribution < -0.4 is 5.73 Å². The van der Waals surface area contributed by atoms with Crippen LogP contribution in [0.5, 0.6) is 0 Å². The summed E-state index contributed by atoms with van der Waals surface area (Å²) < 4.78 is 32.6. The van der Waals surface area contributed by atoms with E-state index >= 15 is 0 Å². The third kappa shape index (κ3) is 39.0. The van der Waals surface area contributed by atoms with Gasteiger partial charge in [-0.25, -0.2) is 4.57 Å². The Hall–Kier alpha value is -2.55. The maximum atomic E-state index is 12.5. The van der Waals surface area contributed by atoms with Gasteiger partial charge in [-0.15, -0.1) is 0 Å². The number of ether oxygens (including phenoxy) is 2. The Labute approximate surface area is 322 Å². The van der Waals surface area contributed by atoms with Crippen LogP contribution in [-0.2, 0) is 32.7 Å². The van der Waals surface area contributed by atoms with E-state index in [1.54, 1.807) is 0 Å². The van der Waals surface area contributed by atoms with Gasteiger partial charge in [0, 0.05) is 19.4 Å². The highest BCUT2D eigenvalue weighted by molar-refractivity contribution is 7.47. The van der Waals surface area contributed by atoms with Crippen molar-refractivity contribution in [3.8, 4) is 0 Å². The van der Waals surface area contributed by atoms with Gasteiger partial charge in [0.25, 0.3) is 0 Å². The van der Waals surface area contributed by atoms with Gasteiger partial charge >= 0.3 is 19.8 Å². The number of hydrogen-bond donors (Lipinski definition) is 2. The van der Waals surface area contributed by atoms with Gasteiger partial charge in [0.15, 0.2) is 6.10 Å². The maximum Gasteiger partial charge on any atom is 0.472 e. The first-order valence-electron chi connectivity index (χ1n) is 20.4. The Morgan fingerprint density at radius 1 is 0.585 bits per heavy atom. The van der Waals surface area contributed by atoms with Crippen molar-refractivity contribution in [2.45, 2.75) is 161 Å². The molecule has 0 aromatic heterocycles. The van der Waals surface area contributed by atoms with Crippen molar-refractivity contribution in [1.29, 1.82) is 0 Å². The number of unbranched alkanes of at least 4 members (excludes halogenated alkanes) is 12. The molecule has 0 aromatic rings. The molecule has 0 fully saturated rings. The first-order chi connectivity index (χ1) is 25.8. The van der Waals surface area contributed by atoms with E-state index < -0.39 is 32.5 Å². The van der Waals surface area contributed by atoms with Crippen LogP contribution in [0.4, 0.5) is 0 Å². The molecule has 0 heterocycles. The highest BCUT2D eigenvalue weighted by Crippen LogP contribution is 2.43. The van der Waals surface area contributed by atoms with Gasteiger partial charge in [-0.05, 0) is 77.0 Å². The minimum Gasteiger partial charge on any atom is -0.462 e. The second kappa shape index (κ2) is 39.2. The average Bonchev–Trinajstić information content (AvgIpc) is 3.14. The number of esters is 2. The van der Waals surface area contributed by atoms with E-state index in [1.165, 1.54) is 38.5 Å². The first-order valence-corrected chi connectivity index (χ1v) is 21.9. The van der Waals surface area contributed by atoms with Crippen LogP contribution in [0.15, 0.2) is 72.9 Å². The third-order valence-electron chi connectivity index (χ3n) is 8.08. The van der Waals surface area contributed by atoms with E-state index in [4.69, 9.17) is 24.3 Å². The van der Waals surface area contributed by atoms with Gasteiger partial charge in [-0.1, -0.05) is 138 Å². The summed E-state index contributed by atoms with van der Waals surface area (Å²) in [6.07, 6.45) is 46.5. The fourth-order valence-electron chi connectivity index (χ4n) is 5.07. The number of phosphoric ester groups is 1. The van der Waals surface area contributed by atoms with Crippen LogP contribution >= 0.6 is 7.82 Å². The second-order valence-electron chi connectivity index (χ2n) is 13.1. The van der Waals surface area contributed by atoms with Crippen molar-refractivity contribution >= 4 is 19.8 Å². The maximum absolute atomic E-state index is 12.5. The molecule has 2 atom stereocenters. The fraction of sp³-hybridized carbons (Fsp3) is 0.674. The molecule has 0 spiro atoms. The number of rotatable bonds is 37. The number of carbonyl (C=O) groups excluding carboxylic acids is 2. The molecular weight excluding hydrogens is 689 g/mol. The van der Waals surface area contributed by atoms with Gasteiger partial charge in [0.2, 0.25) is 0 Å². The SMILES string of the molecule is CC/C=C/C/C=C/C/C=C/CCCCCCCC(=O)OC[C@H](COP(=O)(O)OCCN)OC(=O)CCC/C=C/C/C=C/C/C=C/CCCCCCCC. The van der Waals surface area contributed by atoms with Gasteiger partial charge in [-0.3, -0.25) is 18.6 Å². The number of carbonyl (C=O) groups is 2. The molecule has 1 unspecified atom stereocenters. The molecule has 0 aromatic carbocycles. The monoisotopic (exact) mass is 764 g/mol. The summed E-state index contributed by atoms with van der Waals surface area (Å²) in [7, 11) is -4.40. The van der Waals surface area contributed by atoms with Gasteiger partial charge in [-0.2, -0.15) is 0 Å². The average molecular weight is 764 g/mol. The first kappa shape index (κ1) is 50.5. The van der Waals surface area contributed by atoms with Crippen LogP contribution in [0.1, 0.15) is 155 Å². The lowest BCUT2D eigenvalue weighted by Crippen LogP contribution is -2.29. The summed E-state index contributed by atoms with van der Waals surface area (Å²) in [4.78, 5) is 34.8. The largest absolute Gasteiger partial charge is 0.472 e. The smallest absolute Gasteiger partial charge is 0.462 e. The van der Waals surface area contributed by atoms with E-state index in [0.717, 1.165) is 70.6 Å². The van der Waals surface area contributed by atoms with Crippen molar-refractivity contribution in [3.05, 3.63) is 72.9 Å². The van der Waals surface area contributed by atoms with Crippen LogP contribution in [0, 0.1) is 0 Å². The molecule has 0 rings (SSSR count). The normalized spacial score (nSPS) is 14.1. The topological polar surface area (TPSA) is 134 Å². The molecule has 304 valence electrons. The van der Waals surface area contributed by atoms with Crippen molar-refractivity contribution in [2.75, 3.05) is 26.4 Å². The minimum atomic E-state index is -4.40. The van der Waals surface area contributed by atoms with Crippen molar-refractivity contribution in [2.24, 2.45) is 5.73 Å². The highest BCUT2D eigenvalue weighted by Gasteiger charge is 2.25. The summed E-state index contributed by atoms with van der Waals surface area (Å²) in [6, 6.07) is 0. The number of phosphoric acid groups is 1. The van der Waals surface area contributed by atoms with Gasteiger partial charge in [0.05, 0.1) is 13.2 Å². The molecule has 9 nitrogen and oxygen atoms in total. The second-order valence-corrected chi connectivity index (χ2v) is 14.6. The van der Waals surface area contributed by atoms with Crippen molar-refractivity contribution in [3.63, 3.8) is 0 Å². The Morgan fingerprint density at radius 3 is 1.60 bits per heavy atom. The molecule has 0 bridgehead atoms. The molecule has 10 heteroatoms. The van der Waals surface area contributed by atoms with E-state index in [-0.39, 0.29) is 32.6 Å². The minimum absolute atomic E-state index is 0.0395. The molecule has 0 aliphatic rings. The van der Waals surface area contributed by atoms with E-state index in [0.29, 0.717) is 19.3 Å². The Kier molecular flexibility index (Phi) is 37.3. The zero-order valence-electron chi connectivity index (χ0n) is 33.2. The quantitative estimate of drug-likeness (QED) is 0.0274. The Bertz CT molecular complexity index is 1100. The van der Waals surface area contributed by atoms with Crippen LogP contribution in [-0.4, -0.2) is 49.3 Å². The molecule has 53 heavy (non-hydrogen) atoms. The number of hydrogen-bond acceptors (Lipinski definition) is 8. The molecule has 0 aliphatic heterocycles. The predicted molar refractivity (Wildman–Crippen MR) is 219 cm³/mol. The summed E-state index contributed by atoms with van der Waals surface area (Å²) in [5.41, 5.74) is 5.33. The fourth-order valence-corrected chi connectivity index (χ4v) is 5.84. The molecule has 3 N–H and O–H groups in total. The van der Waals surface area contributed by atoms with Crippen molar-refractivity contribution < 1.29 is 37.6 Å². The van der Waals surface area contributed by atoms with Crippen LogP contribution in [0.25, 0.3) is 0 Å². The number of nitrogens with two attached hydrogens (primary N) is 1. The lowest BCUT2D eigenvalue weighted by molar-refractivity contribution is -0.161. The third-order valence-corrected chi connectivity index (χ3v) is 9.06. The van der Waals surface area contributed by atoms with Crippen LogP contribution in [0.2, 0.25) is 0 Å². The van der Waals surface area contributed by atoms with Crippen molar-refractivity contribution in [1.82, 2.24) is 0 Å². The Morgan fingerprint density at radius 2 is 1.06 bits per heavy atom. The highest BCUT2D eigenvalue weighted by atomic mass is 31.2. The zero-order valence-corrected chi connectivity index (χ0v) is 34.1. The zero-order chi connectivity index (χ0) is 38.9. The van der Waals surface area contributed by atoms with E-state index in [1.807, 2.05) is 6.08 Å². The molecular formula is C43H74NO8P. The van der Waals surface area contributed by atoms with Gasteiger partial charge < -0.3 is 20.1 Å². The molecule has 0 amide bonds. The van der Waals surface area contributed by atoms with E-state index in [9.17, 15) is 19.0 Å². The summed E-state index contributed by atoms with van der Waals surface area (Å²) in [5.74, 6) is -0.917. The Balaban J connectivity index is 4.32. The molecule has 0 saturated carbocycles. The standard InChI is InChI=1S/C43H74NO8P/c1-3-5-7-9-11-13-15-17-19-20-22-24-26-28-30-32-34-36-43(46)52-41(40-51-53(47,48)50-38-37-44)39-49-42(45)35-33-31-29-27-25-23-21-18-16-14-12-10-8-6-4-2/h6,8,12,14,17-19,21-22,24,28,30,41H,3-5,7,9-11,13,15-16,20,23,25-27,29,31-40,44H2,1-2H3,(H,47,48)/b8-6+,14-12+,19-17+,21-18+,24-22+,30-28+/t41-/m1/s1. The molecule has 0 saturated heterocycles. The lowest BCUT2D eigenvalue weighted by atomic mass is 10.1. The summed E-state index contributed by atoms with van der Waals surface area (Å²) in [6.45, 7) is 3.51. The van der Waals surface area contributed by atoms with Gasteiger partial charge in [0.1, 0.15) is 6.61 Å². The summed E-state index contributed by atoms with van der Waals surface area (Å²) in [5, 5.41) is 0. The molecule has 0 radical (unpaired) electrons. The number of allylic oxidation sites excluding steroid dienone is 12.